The van der Waals surface area contributed by atoms with Crippen molar-refractivity contribution in [3.63, 3.8) is 0 Å². The SMILES string of the molecule is O=[N+](O)c1ccc(C=C[n+]2ccccc2)cc1. The fourth-order valence-electron chi connectivity index (χ4n) is 1.40. The van der Waals surface area contributed by atoms with Crippen molar-refractivity contribution < 1.29 is 14.7 Å². The molecule has 0 bridgehead atoms. The molecule has 4 heteroatoms. The van der Waals surface area contributed by atoms with Gasteiger partial charge in [-0.25, -0.2) is 5.21 Å². The molecule has 0 amide bonds. The number of aromatic nitrogens is 1. The van der Waals surface area contributed by atoms with E-state index >= 15 is 0 Å². The Bertz CT molecular complexity index is 533. The van der Waals surface area contributed by atoms with E-state index in [1.54, 1.807) is 24.3 Å². The molecule has 0 fully saturated rings. The minimum absolute atomic E-state index is 0.153. The van der Waals surface area contributed by atoms with Crippen molar-refractivity contribution in [2.75, 3.05) is 0 Å². The maximum absolute atomic E-state index is 10.6. The maximum Gasteiger partial charge on any atom is 0.316 e. The van der Waals surface area contributed by atoms with Crippen LogP contribution in [0.25, 0.3) is 12.3 Å². The van der Waals surface area contributed by atoms with Gasteiger partial charge in [0, 0.05) is 30.3 Å². The predicted molar refractivity (Wildman–Crippen MR) is 63.4 cm³/mol. The summed E-state index contributed by atoms with van der Waals surface area (Å²) < 4.78 is 1.92. The Morgan fingerprint density at radius 2 is 1.71 bits per heavy atom. The number of pyridine rings is 1. The van der Waals surface area contributed by atoms with Crippen LogP contribution in [0.5, 0.6) is 0 Å². The van der Waals surface area contributed by atoms with Gasteiger partial charge in [-0.1, -0.05) is 6.07 Å². The second kappa shape index (κ2) is 5.03. The van der Waals surface area contributed by atoms with Crippen molar-refractivity contribution >= 4 is 18.0 Å². The minimum atomic E-state index is -0.153. The van der Waals surface area contributed by atoms with Crippen LogP contribution < -0.4 is 4.57 Å². The highest BCUT2D eigenvalue weighted by Crippen LogP contribution is 2.11. The number of rotatable bonds is 3. The Hall–Kier alpha value is -2.49. The molecule has 1 aromatic carbocycles. The lowest BCUT2D eigenvalue weighted by Crippen LogP contribution is -2.23. The van der Waals surface area contributed by atoms with Gasteiger partial charge in [0.25, 0.3) is 4.92 Å². The van der Waals surface area contributed by atoms with Crippen molar-refractivity contribution in [1.29, 1.82) is 0 Å². The summed E-state index contributed by atoms with van der Waals surface area (Å²) in [5.74, 6) is 0. The second-order valence-electron chi connectivity index (χ2n) is 3.50. The van der Waals surface area contributed by atoms with E-state index in [0.717, 1.165) is 5.56 Å². The molecule has 84 valence electrons. The van der Waals surface area contributed by atoms with Gasteiger partial charge in [0.2, 0.25) is 0 Å². The number of hydrogen-bond donors (Lipinski definition) is 1. The van der Waals surface area contributed by atoms with Gasteiger partial charge in [0.15, 0.2) is 18.6 Å². The molecule has 0 atom stereocenters. The Kier molecular flexibility index (Phi) is 3.25. The van der Waals surface area contributed by atoms with Crippen LogP contribution in [0.2, 0.25) is 0 Å². The molecule has 0 radical (unpaired) electrons. The highest BCUT2D eigenvalue weighted by atomic mass is 16.6. The average molecular weight is 228 g/mol. The van der Waals surface area contributed by atoms with E-state index in [2.05, 4.69) is 0 Å². The van der Waals surface area contributed by atoms with Crippen molar-refractivity contribution in [2.45, 2.75) is 0 Å². The molecule has 4 nitrogen and oxygen atoms in total. The fourth-order valence-corrected chi connectivity index (χ4v) is 1.40. The van der Waals surface area contributed by atoms with E-state index in [4.69, 9.17) is 5.21 Å². The molecule has 0 aliphatic rings. The molecule has 0 saturated carbocycles. The first-order valence-corrected chi connectivity index (χ1v) is 5.16. The first-order valence-electron chi connectivity index (χ1n) is 5.16. The van der Waals surface area contributed by atoms with E-state index in [0.29, 0.717) is 0 Å². The fraction of sp³-hybridized carbons (Fsp3) is 0. The smallest absolute Gasteiger partial charge is 0.241 e. The number of benzene rings is 1. The normalized spacial score (nSPS) is 10.6. The summed E-state index contributed by atoms with van der Waals surface area (Å²) in [5, 5.41) is 8.68. The van der Waals surface area contributed by atoms with Crippen LogP contribution in [0.4, 0.5) is 5.69 Å². The third-order valence-electron chi connectivity index (χ3n) is 2.29. The molecule has 1 N–H and O–H groups in total. The lowest BCUT2D eigenvalue weighted by atomic mass is 10.2. The van der Waals surface area contributed by atoms with Gasteiger partial charge in [-0.2, -0.15) is 4.57 Å². The van der Waals surface area contributed by atoms with Gasteiger partial charge in [0.05, 0.1) is 4.91 Å². The van der Waals surface area contributed by atoms with Gasteiger partial charge in [-0.3, -0.25) is 0 Å². The summed E-state index contributed by atoms with van der Waals surface area (Å²) in [6.45, 7) is 0. The highest BCUT2D eigenvalue weighted by Gasteiger charge is 2.08. The Morgan fingerprint density at radius 1 is 1.06 bits per heavy atom. The predicted octanol–water partition coefficient (Wildman–Crippen LogP) is 2.40. The molecule has 0 spiro atoms. The van der Waals surface area contributed by atoms with Crippen molar-refractivity contribution in [2.24, 2.45) is 0 Å². The van der Waals surface area contributed by atoms with Crippen LogP contribution in [-0.4, -0.2) is 10.1 Å². The zero-order chi connectivity index (χ0) is 12.1. The van der Waals surface area contributed by atoms with Crippen molar-refractivity contribution in [3.05, 3.63) is 65.3 Å². The van der Waals surface area contributed by atoms with Gasteiger partial charge in [-0.05, 0) is 17.7 Å². The first-order chi connectivity index (χ1) is 8.25. The van der Waals surface area contributed by atoms with Crippen LogP contribution in [0.3, 0.4) is 0 Å². The van der Waals surface area contributed by atoms with E-state index in [9.17, 15) is 4.91 Å². The van der Waals surface area contributed by atoms with Crippen molar-refractivity contribution in [1.82, 2.24) is 0 Å². The molecule has 17 heavy (non-hydrogen) atoms. The average Bonchev–Trinajstić information content (AvgIpc) is 2.38. The summed E-state index contributed by atoms with van der Waals surface area (Å²) >= 11 is 0. The zero-order valence-electron chi connectivity index (χ0n) is 9.10. The van der Waals surface area contributed by atoms with E-state index in [1.165, 1.54) is 0 Å². The number of hydrogen-bond acceptors (Lipinski definition) is 1. The largest absolute Gasteiger partial charge is 0.316 e. The third kappa shape index (κ3) is 2.98. The molecular weight excluding hydrogens is 216 g/mol. The topological polar surface area (TPSA) is 44.2 Å². The lowest BCUT2D eigenvalue weighted by molar-refractivity contribution is -0.729. The highest BCUT2D eigenvalue weighted by molar-refractivity contribution is 5.58. The summed E-state index contributed by atoms with van der Waals surface area (Å²) in [7, 11) is 0. The monoisotopic (exact) mass is 228 g/mol. The molecule has 0 unspecified atom stereocenters. The molecule has 1 heterocycles. The molecule has 0 aliphatic carbocycles. The number of nitrogens with zero attached hydrogens (tertiary/aromatic N) is 2. The van der Waals surface area contributed by atoms with Crippen molar-refractivity contribution in [3.8, 4) is 0 Å². The van der Waals surface area contributed by atoms with E-state index in [1.807, 2.05) is 47.4 Å². The van der Waals surface area contributed by atoms with Gasteiger partial charge in [0.1, 0.15) is 0 Å². The van der Waals surface area contributed by atoms with Crippen LogP contribution in [0, 0.1) is 4.91 Å². The minimum Gasteiger partial charge on any atom is -0.241 e. The van der Waals surface area contributed by atoms with Crippen LogP contribution in [0.1, 0.15) is 5.56 Å². The Balaban J connectivity index is 2.14. The standard InChI is InChI=1S/C13H12N2O2/c16-15(17)13-6-4-12(5-7-13)8-11-14-9-2-1-3-10-14/h1-11H,(H,16,17)/q+2. The molecule has 0 saturated heterocycles. The second-order valence-corrected chi connectivity index (χ2v) is 3.50. The Labute approximate surface area is 98.6 Å². The first kappa shape index (κ1) is 11.0. The summed E-state index contributed by atoms with van der Waals surface area (Å²) in [6.07, 6.45) is 7.68. The molecular formula is C13H12N2O2+2. The summed E-state index contributed by atoms with van der Waals surface area (Å²) in [4.78, 5) is 10.4. The van der Waals surface area contributed by atoms with Gasteiger partial charge in [-0.15, -0.1) is 0 Å². The zero-order valence-corrected chi connectivity index (χ0v) is 9.10. The van der Waals surface area contributed by atoms with E-state index in [-0.39, 0.29) is 10.6 Å². The summed E-state index contributed by atoms with van der Waals surface area (Å²) in [6, 6.07) is 12.5. The summed E-state index contributed by atoms with van der Waals surface area (Å²) in [5.41, 5.74) is 1.17. The van der Waals surface area contributed by atoms with Crippen LogP contribution in [0.15, 0.2) is 54.9 Å². The molecule has 2 aromatic rings. The van der Waals surface area contributed by atoms with Gasteiger partial charge >= 0.3 is 5.69 Å². The maximum atomic E-state index is 10.6. The van der Waals surface area contributed by atoms with Gasteiger partial charge < -0.3 is 0 Å². The third-order valence-corrected chi connectivity index (χ3v) is 2.29. The van der Waals surface area contributed by atoms with E-state index < -0.39 is 0 Å². The van der Waals surface area contributed by atoms with Crippen LogP contribution in [-0.2, 0) is 0 Å². The quantitative estimate of drug-likeness (QED) is 0.647. The Morgan fingerprint density at radius 3 is 2.29 bits per heavy atom. The molecule has 1 aromatic heterocycles. The molecule has 0 aliphatic heterocycles. The van der Waals surface area contributed by atoms with Crippen LogP contribution >= 0.6 is 0 Å². The molecule has 2 rings (SSSR count). The lowest BCUT2D eigenvalue weighted by Gasteiger charge is -1.90.